The van der Waals surface area contributed by atoms with Crippen LogP contribution >= 0.6 is 0 Å². The SMILES string of the molecule is Cc1nc(C2CCC(C)(C)CC2)nc(N)c1C. The fourth-order valence-corrected chi connectivity index (χ4v) is 2.51. The maximum atomic E-state index is 5.93. The van der Waals surface area contributed by atoms with Gasteiger partial charge in [-0.15, -0.1) is 0 Å². The Labute approximate surface area is 104 Å². The maximum Gasteiger partial charge on any atom is 0.134 e. The van der Waals surface area contributed by atoms with Crippen molar-refractivity contribution >= 4 is 5.82 Å². The first-order chi connectivity index (χ1) is 7.89. The molecule has 1 aliphatic rings. The molecule has 1 saturated carbocycles. The number of nitrogen functional groups attached to an aromatic ring is 1. The van der Waals surface area contributed by atoms with Gasteiger partial charge in [0.15, 0.2) is 0 Å². The van der Waals surface area contributed by atoms with Gasteiger partial charge in [-0.25, -0.2) is 9.97 Å². The summed E-state index contributed by atoms with van der Waals surface area (Å²) in [4.78, 5) is 9.09. The van der Waals surface area contributed by atoms with E-state index in [2.05, 4.69) is 23.8 Å². The Morgan fingerprint density at radius 3 is 2.24 bits per heavy atom. The van der Waals surface area contributed by atoms with Crippen molar-refractivity contribution in [1.82, 2.24) is 9.97 Å². The number of rotatable bonds is 1. The van der Waals surface area contributed by atoms with Gasteiger partial charge in [0.25, 0.3) is 0 Å². The average Bonchev–Trinajstić information content (AvgIpc) is 2.25. The lowest BCUT2D eigenvalue weighted by Gasteiger charge is -2.33. The fraction of sp³-hybridized carbons (Fsp3) is 0.714. The van der Waals surface area contributed by atoms with Gasteiger partial charge in [-0.05, 0) is 44.9 Å². The van der Waals surface area contributed by atoms with Gasteiger partial charge in [-0.3, -0.25) is 0 Å². The first kappa shape index (κ1) is 12.3. The monoisotopic (exact) mass is 233 g/mol. The number of nitrogens with zero attached hydrogens (tertiary/aromatic N) is 2. The molecule has 2 rings (SSSR count). The number of nitrogens with two attached hydrogens (primary N) is 1. The summed E-state index contributed by atoms with van der Waals surface area (Å²) in [6.07, 6.45) is 4.89. The van der Waals surface area contributed by atoms with Crippen molar-refractivity contribution < 1.29 is 0 Å². The smallest absolute Gasteiger partial charge is 0.134 e. The second-order valence-corrected chi connectivity index (χ2v) is 6.12. The average molecular weight is 233 g/mol. The summed E-state index contributed by atoms with van der Waals surface area (Å²) in [5.41, 5.74) is 8.46. The Balaban J connectivity index is 2.19. The van der Waals surface area contributed by atoms with E-state index in [1.165, 1.54) is 25.7 Å². The molecule has 1 aliphatic carbocycles. The molecule has 17 heavy (non-hydrogen) atoms. The molecule has 0 spiro atoms. The van der Waals surface area contributed by atoms with E-state index in [9.17, 15) is 0 Å². The van der Waals surface area contributed by atoms with Crippen LogP contribution in [0, 0.1) is 19.3 Å². The van der Waals surface area contributed by atoms with E-state index >= 15 is 0 Å². The summed E-state index contributed by atoms with van der Waals surface area (Å²) in [6.45, 7) is 8.69. The maximum absolute atomic E-state index is 5.93. The standard InChI is InChI=1S/C14H23N3/c1-9-10(2)16-13(17-12(9)15)11-5-7-14(3,4)8-6-11/h11H,5-8H2,1-4H3,(H2,15,16,17). The minimum atomic E-state index is 0.488. The van der Waals surface area contributed by atoms with Crippen molar-refractivity contribution in [2.45, 2.75) is 59.3 Å². The molecule has 1 fully saturated rings. The molecule has 0 atom stereocenters. The van der Waals surface area contributed by atoms with Crippen LogP contribution in [0.1, 0.15) is 62.5 Å². The Morgan fingerprint density at radius 2 is 1.71 bits per heavy atom. The lowest BCUT2D eigenvalue weighted by atomic mass is 9.73. The molecule has 0 unspecified atom stereocenters. The van der Waals surface area contributed by atoms with Gasteiger partial charge in [-0.2, -0.15) is 0 Å². The van der Waals surface area contributed by atoms with Crippen LogP contribution in [-0.4, -0.2) is 9.97 Å². The molecule has 94 valence electrons. The van der Waals surface area contributed by atoms with E-state index in [0.717, 1.165) is 17.1 Å². The van der Waals surface area contributed by atoms with Crippen molar-refractivity contribution in [1.29, 1.82) is 0 Å². The van der Waals surface area contributed by atoms with Crippen LogP contribution in [0.15, 0.2) is 0 Å². The third kappa shape index (κ3) is 2.59. The Morgan fingerprint density at radius 1 is 1.12 bits per heavy atom. The zero-order valence-electron chi connectivity index (χ0n) is 11.4. The molecule has 1 aromatic rings. The van der Waals surface area contributed by atoms with Crippen LogP contribution < -0.4 is 5.73 Å². The molecule has 0 amide bonds. The normalized spacial score (nSPS) is 20.5. The van der Waals surface area contributed by atoms with Crippen molar-refractivity contribution in [3.05, 3.63) is 17.1 Å². The lowest BCUT2D eigenvalue weighted by molar-refractivity contribution is 0.220. The van der Waals surface area contributed by atoms with Crippen LogP contribution in [0.25, 0.3) is 0 Å². The van der Waals surface area contributed by atoms with Crippen LogP contribution in [-0.2, 0) is 0 Å². The van der Waals surface area contributed by atoms with Crippen LogP contribution in [0.5, 0.6) is 0 Å². The van der Waals surface area contributed by atoms with E-state index in [0.29, 0.717) is 17.2 Å². The first-order valence-corrected chi connectivity index (χ1v) is 6.50. The molecule has 0 radical (unpaired) electrons. The highest BCUT2D eigenvalue weighted by atomic mass is 15.0. The van der Waals surface area contributed by atoms with Gasteiger partial charge >= 0.3 is 0 Å². The van der Waals surface area contributed by atoms with Crippen molar-refractivity contribution in [3.63, 3.8) is 0 Å². The third-order valence-corrected chi connectivity index (χ3v) is 4.15. The molecule has 0 aliphatic heterocycles. The van der Waals surface area contributed by atoms with Gasteiger partial charge in [0.1, 0.15) is 11.6 Å². The van der Waals surface area contributed by atoms with Crippen molar-refractivity contribution in [3.8, 4) is 0 Å². The molecule has 0 aromatic carbocycles. The van der Waals surface area contributed by atoms with Crippen LogP contribution in [0.4, 0.5) is 5.82 Å². The highest BCUT2D eigenvalue weighted by molar-refractivity contribution is 5.40. The number of anilines is 1. The predicted octanol–water partition coefficient (Wildman–Crippen LogP) is 3.36. The molecule has 3 heteroatoms. The molecule has 0 bridgehead atoms. The molecule has 3 nitrogen and oxygen atoms in total. The predicted molar refractivity (Wildman–Crippen MR) is 70.9 cm³/mol. The summed E-state index contributed by atoms with van der Waals surface area (Å²) < 4.78 is 0. The van der Waals surface area contributed by atoms with E-state index in [-0.39, 0.29) is 0 Å². The second kappa shape index (κ2) is 4.28. The Kier molecular flexibility index (Phi) is 3.11. The molecular formula is C14H23N3. The largest absolute Gasteiger partial charge is 0.383 e. The molecule has 0 saturated heterocycles. The summed E-state index contributed by atoms with van der Waals surface area (Å²) >= 11 is 0. The lowest BCUT2D eigenvalue weighted by Crippen LogP contribution is -2.22. The number of hydrogen-bond acceptors (Lipinski definition) is 3. The minimum absolute atomic E-state index is 0.488. The molecule has 2 N–H and O–H groups in total. The first-order valence-electron chi connectivity index (χ1n) is 6.50. The van der Waals surface area contributed by atoms with Crippen molar-refractivity contribution in [2.75, 3.05) is 5.73 Å². The summed E-state index contributed by atoms with van der Waals surface area (Å²) in [7, 11) is 0. The summed E-state index contributed by atoms with van der Waals surface area (Å²) in [5, 5.41) is 0. The van der Waals surface area contributed by atoms with Gasteiger partial charge in [0.05, 0.1) is 0 Å². The Bertz CT molecular complexity index is 390. The van der Waals surface area contributed by atoms with Gasteiger partial charge < -0.3 is 5.73 Å². The fourth-order valence-electron chi connectivity index (χ4n) is 2.51. The van der Waals surface area contributed by atoms with E-state index in [4.69, 9.17) is 5.73 Å². The zero-order chi connectivity index (χ0) is 12.6. The van der Waals surface area contributed by atoms with Crippen LogP contribution in [0.3, 0.4) is 0 Å². The van der Waals surface area contributed by atoms with Gasteiger partial charge in [0, 0.05) is 17.2 Å². The summed E-state index contributed by atoms with van der Waals surface area (Å²) in [5.74, 6) is 2.11. The minimum Gasteiger partial charge on any atom is -0.383 e. The number of hydrogen-bond donors (Lipinski definition) is 1. The third-order valence-electron chi connectivity index (χ3n) is 4.15. The molecule has 1 aromatic heterocycles. The van der Waals surface area contributed by atoms with E-state index in [1.54, 1.807) is 0 Å². The van der Waals surface area contributed by atoms with E-state index in [1.807, 2.05) is 13.8 Å². The number of aromatic nitrogens is 2. The summed E-state index contributed by atoms with van der Waals surface area (Å²) in [6, 6.07) is 0. The highest BCUT2D eigenvalue weighted by Crippen LogP contribution is 2.41. The Hall–Kier alpha value is -1.12. The van der Waals surface area contributed by atoms with Gasteiger partial charge in [0.2, 0.25) is 0 Å². The highest BCUT2D eigenvalue weighted by Gasteiger charge is 2.29. The second-order valence-electron chi connectivity index (χ2n) is 6.12. The van der Waals surface area contributed by atoms with Gasteiger partial charge in [-0.1, -0.05) is 13.8 Å². The van der Waals surface area contributed by atoms with Crippen molar-refractivity contribution in [2.24, 2.45) is 5.41 Å². The topological polar surface area (TPSA) is 51.8 Å². The van der Waals surface area contributed by atoms with E-state index < -0.39 is 0 Å². The van der Waals surface area contributed by atoms with Crippen LogP contribution in [0.2, 0.25) is 0 Å². The zero-order valence-corrected chi connectivity index (χ0v) is 11.4. The number of aryl methyl sites for hydroxylation is 1. The molecule has 1 heterocycles. The quantitative estimate of drug-likeness (QED) is 0.809. The molecular weight excluding hydrogens is 210 g/mol.